The number of hydrogen-bond acceptors (Lipinski definition) is 7. The number of benzene rings is 2. The van der Waals surface area contributed by atoms with E-state index < -0.39 is 32.7 Å². The van der Waals surface area contributed by atoms with Gasteiger partial charge >= 0.3 is 0 Å². The highest BCUT2D eigenvalue weighted by Gasteiger charge is 2.30. The summed E-state index contributed by atoms with van der Waals surface area (Å²) >= 11 is 0. The molecule has 0 aliphatic carbocycles. The number of amides is 2. The lowest BCUT2D eigenvalue weighted by atomic mass is 10.2. The number of para-hydroxylation sites is 2. The first kappa shape index (κ1) is 24.0. The maximum Gasteiger partial charge on any atom is 0.242 e. The Morgan fingerprint density at radius 1 is 0.968 bits per heavy atom. The van der Waals surface area contributed by atoms with Crippen molar-refractivity contribution in [1.29, 1.82) is 0 Å². The molecule has 31 heavy (non-hydrogen) atoms. The standard InChI is InChI=1S/C21H26N2O7S/c1-5-30-17-9-7-6-8-16(17)23-20(24)13-31(26,27)14(2)21(25)22-15-10-11-18(28-3)19(12-15)29-4/h6-12,14H,5,13H2,1-4H3,(H,22,25)(H,23,24). The summed E-state index contributed by atoms with van der Waals surface area (Å²) in [6, 6.07) is 11.3. The predicted molar refractivity (Wildman–Crippen MR) is 118 cm³/mol. The molecular weight excluding hydrogens is 424 g/mol. The average Bonchev–Trinajstić information content (AvgIpc) is 2.74. The van der Waals surface area contributed by atoms with E-state index in [-0.39, 0.29) is 0 Å². The number of ether oxygens (including phenoxy) is 3. The van der Waals surface area contributed by atoms with Crippen LogP contribution in [0.5, 0.6) is 17.2 Å². The van der Waals surface area contributed by atoms with E-state index in [9.17, 15) is 18.0 Å². The van der Waals surface area contributed by atoms with Crippen molar-refractivity contribution in [1.82, 2.24) is 0 Å². The molecule has 2 aromatic carbocycles. The predicted octanol–water partition coefficient (Wildman–Crippen LogP) is 2.48. The van der Waals surface area contributed by atoms with Gasteiger partial charge in [0, 0.05) is 11.8 Å². The molecule has 2 rings (SSSR count). The molecular formula is C21H26N2O7S. The van der Waals surface area contributed by atoms with E-state index in [0.29, 0.717) is 35.2 Å². The summed E-state index contributed by atoms with van der Waals surface area (Å²) in [5, 5.41) is 3.58. The van der Waals surface area contributed by atoms with Crippen molar-refractivity contribution >= 4 is 33.0 Å². The van der Waals surface area contributed by atoms with Gasteiger partial charge in [-0.2, -0.15) is 0 Å². The van der Waals surface area contributed by atoms with E-state index in [1.807, 2.05) is 0 Å². The Morgan fingerprint density at radius 3 is 2.29 bits per heavy atom. The molecule has 2 N–H and O–H groups in total. The number of sulfone groups is 1. The highest BCUT2D eigenvalue weighted by Crippen LogP contribution is 2.30. The number of anilines is 2. The van der Waals surface area contributed by atoms with Gasteiger partial charge in [0.2, 0.25) is 11.8 Å². The van der Waals surface area contributed by atoms with Gasteiger partial charge < -0.3 is 24.8 Å². The lowest BCUT2D eigenvalue weighted by molar-refractivity contribution is -0.115. The monoisotopic (exact) mass is 450 g/mol. The lowest BCUT2D eigenvalue weighted by Gasteiger charge is -2.15. The molecule has 2 amide bonds. The smallest absolute Gasteiger partial charge is 0.242 e. The molecule has 0 spiro atoms. The second-order valence-electron chi connectivity index (χ2n) is 6.49. The van der Waals surface area contributed by atoms with Gasteiger partial charge in [-0.3, -0.25) is 9.59 Å². The molecule has 0 aliphatic heterocycles. The van der Waals surface area contributed by atoms with Gasteiger partial charge in [0.05, 0.1) is 26.5 Å². The van der Waals surface area contributed by atoms with Crippen LogP contribution in [0.2, 0.25) is 0 Å². The Balaban J connectivity index is 2.06. The van der Waals surface area contributed by atoms with Crippen molar-refractivity contribution in [2.75, 3.05) is 37.2 Å². The molecule has 1 unspecified atom stereocenters. The Labute approximate surface area is 181 Å². The SMILES string of the molecule is CCOc1ccccc1NC(=O)CS(=O)(=O)C(C)C(=O)Nc1ccc(OC)c(OC)c1. The number of carbonyl (C=O) groups is 2. The van der Waals surface area contributed by atoms with Crippen molar-refractivity contribution in [2.24, 2.45) is 0 Å². The summed E-state index contributed by atoms with van der Waals surface area (Å²) in [5.74, 6) is -1.12. The van der Waals surface area contributed by atoms with Gasteiger partial charge in [-0.15, -0.1) is 0 Å². The minimum Gasteiger partial charge on any atom is -0.493 e. The van der Waals surface area contributed by atoms with Crippen LogP contribution >= 0.6 is 0 Å². The maximum atomic E-state index is 12.6. The van der Waals surface area contributed by atoms with Gasteiger partial charge in [-0.1, -0.05) is 12.1 Å². The summed E-state index contributed by atoms with van der Waals surface area (Å²) in [6.07, 6.45) is 0. The molecule has 0 bridgehead atoms. The summed E-state index contributed by atoms with van der Waals surface area (Å²) in [6.45, 7) is 3.41. The average molecular weight is 451 g/mol. The van der Waals surface area contributed by atoms with Crippen LogP contribution in [0.3, 0.4) is 0 Å². The largest absolute Gasteiger partial charge is 0.493 e. The number of carbonyl (C=O) groups excluding carboxylic acids is 2. The molecule has 0 heterocycles. The fourth-order valence-corrected chi connectivity index (χ4v) is 3.74. The highest BCUT2D eigenvalue weighted by molar-refractivity contribution is 7.93. The lowest BCUT2D eigenvalue weighted by Crippen LogP contribution is -2.37. The summed E-state index contributed by atoms with van der Waals surface area (Å²) in [5.41, 5.74) is 0.687. The summed E-state index contributed by atoms with van der Waals surface area (Å²) in [4.78, 5) is 24.8. The molecule has 168 valence electrons. The van der Waals surface area contributed by atoms with Crippen LogP contribution in [-0.4, -0.2) is 52.1 Å². The fourth-order valence-electron chi connectivity index (χ4n) is 2.67. The summed E-state index contributed by atoms with van der Waals surface area (Å²) < 4.78 is 40.9. The quantitative estimate of drug-likeness (QED) is 0.571. The van der Waals surface area contributed by atoms with E-state index in [1.54, 1.807) is 43.3 Å². The Hall–Kier alpha value is -3.27. The fraction of sp³-hybridized carbons (Fsp3) is 0.333. The number of rotatable bonds is 10. The highest BCUT2D eigenvalue weighted by atomic mass is 32.2. The zero-order valence-electron chi connectivity index (χ0n) is 17.8. The maximum absolute atomic E-state index is 12.6. The van der Waals surface area contributed by atoms with Gasteiger partial charge in [0.15, 0.2) is 21.3 Å². The van der Waals surface area contributed by atoms with E-state index in [1.165, 1.54) is 27.2 Å². The van der Waals surface area contributed by atoms with Crippen LogP contribution in [-0.2, 0) is 19.4 Å². The Bertz CT molecular complexity index is 1040. The van der Waals surface area contributed by atoms with Crippen molar-refractivity contribution in [3.63, 3.8) is 0 Å². The van der Waals surface area contributed by atoms with Crippen molar-refractivity contribution in [2.45, 2.75) is 19.1 Å². The van der Waals surface area contributed by atoms with E-state index in [0.717, 1.165) is 0 Å². The van der Waals surface area contributed by atoms with Crippen LogP contribution in [0, 0.1) is 0 Å². The molecule has 1 atom stereocenters. The van der Waals surface area contributed by atoms with Crippen LogP contribution in [0.15, 0.2) is 42.5 Å². The zero-order chi connectivity index (χ0) is 23.0. The van der Waals surface area contributed by atoms with Gasteiger partial charge in [0.1, 0.15) is 16.8 Å². The Kier molecular flexibility index (Phi) is 8.26. The number of nitrogens with one attached hydrogen (secondary N) is 2. The number of methoxy groups -OCH3 is 2. The molecule has 10 heteroatoms. The molecule has 9 nitrogen and oxygen atoms in total. The summed E-state index contributed by atoms with van der Waals surface area (Å²) in [7, 11) is -1.16. The van der Waals surface area contributed by atoms with Crippen molar-refractivity contribution < 1.29 is 32.2 Å². The topological polar surface area (TPSA) is 120 Å². The molecule has 0 fully saturated rings. The van der Waals surface area contributed by atoms with Gasteiger partial charge in [-0.05, 0) is 38.1 Å². The first-order chi connectivity index (χ1) is 14.7. The normalized spacial score (nSPS) is 11.9. The van der Waals surface area contributed by atoms with Crippen molar-refractivity contribution in [3.05, 3.63) is 42.5 Å². The minimum absolute atomic E-state index is 0.333. The molecule has 0 saturated heterocycles. The third kappa shape index (κ3) is 6.35. The van der Waals surface area contributed by atoms with Crippen LogP contribution in [0.25, 0.3) is 0 Å². The molecule has 0 aliphatic rings. The van der Waals surface area contributed by atoms with E-state index in [4.69, 9.17) is 14.2 Å². The third-order valence-corrected chi connectivity index (χ3v) is 6.31. The minimum atomic E-state index is -4.07. The first-order valence-electron chi connectivity index (χ1n) is 9.48. The Morgan fingerprint density at radius 2 is 1.65 bits per heavy atom. The van der Waals surface area contributed by atoms with Crippen molar-refractivity contribution in [3.8, 4) is 17.2 Å². The second kappa shape index (κ2) is 10.7. The van der Waals surface area contributed by atoms with Crippen LogP contribution < -0.4 is 24.8 Å². The molecule has 0 radical (unpaired) electrons. The van der Waals surface area contributed by atoms with Gasteiger partial charge in [0.25, 0.3) is 0 Å². The van der Waals surface area contributed by atoms with Crippen LogP contribution in [0.1, 0.15) is 13.8 Å². The van der Waals surface area contributed by atoms with E-state index in [2.05, 4.69) is 10.6 Å². The molecule has 0 aromatic heterocycles. The molecule has 0 saturated carbocycles. The van der Waals surface area contributed by atoms with E-state index >= 15 is 0 Å². The van der Waals surface area contributed by atoms with Gasteiger partial charge in [-0.25, -0.2) is 8.42 Å². The zero-order valence-corrected chi connectivity index (χ0v) is 18.6. The second-order valence-corrected chi connectivity index (χ2v) is 8.81. The molecule has 2 aromatic rings. The first-order valence-corrected chi connectivity index (χ1v) is 11.2. The third-order valence-electron chi connectivity index (χ3n) is 4.35. The number of hydrogen-bond donors (Lipinski definition) is 2. The van der Waals surface area contributed by atoms with Crippen LogP contribution in [0.4, 0.5) is 11.4 Å².